The minimum absolute atomic E-state index is 0.0195. The summed E-state index contributed by atoms with van der Waals surface area (Å²) < 4.78 is 6.79. The fourth-order valence-electron chi connectivity index (χ4n) is 20.9. The van der Waals surface area contributed by atoms with Gasteiger partial charge in [-0.15, -0.1) is 0 Å². The third-order valence-corrected chi connectivity index (χ3v) is 23.8. The number of carbonyl (C=O) groups excluding carboxylic acids is 2. The summed E-state index contributed by atoms with van der Waals surface area (Å²) in [6.45, 7) is 10.5. The van der Waals surface area contributed by atoms with E-state index >= 15 is 9.59 Å². The SMILES string of the molecule is CNCc1cc(O)cc([C@H]2C(=O)[C@]34CC=C[C@@H]2[C@@]2(C)[C@H]5CCC6=C7C(=O)C[C@]6(C)[C@@]5(CCC[C@@H]5CC[C@H](CO)C[C@@H]5[C@@H]7C[C@@H](O)[C@H]5O[C@]5(C)[C@H]5CCC[C@H]5c5cccc(N)c5)C[C@H](NC[C@](C)(O)CCCC3)[C@@H]42)c1. The highest BCUT2D eigenvalue weighted by atomic mass is 16.6. The number of aromatic hydroxyl groups is 1. The van der Waals surface area contributed by atoms with E-state index in [9.17, 15) is 20.4 Å². The maximum absolute atomic E-state index is 16.1. The molecule has 0 aromatic heterocycles. The topological polar surface area (TPSA) is 178 Å². The molecule has 7 fully saturated rings. The number of nitrogens with two attached hydrogens (primary N) is 1. The van der Waals surface area contributed by atoms with Crippen molar-refractivity contribution in [2.24, 2.45) is 69.0 Å². The van der Waals surface area contributed by atoms with Gasteiger partial charge in [-0.3, -0.25) is 9.59 Å². The van der Waals surface area contributed by atoms with Crippen LogP contribution in [0.25, 0.3) is 0 Å². The van der Waals surface area contributed by atoms with Gasteiger partial charge < -0.3 is 41.5 Å². The summed E-state index contributed by atoms with van der Waals surface area (Å²) in [5, 5.41) is 54.4. The summed E-state index contributed by atoms with van der Waals surface area (Å²) in [4.78, 5) is 32.0. The van der Waals surface area contributed by atoms with Crippen molar-refractivity contribution < 1.29 is 34.8 Å². The van der Waals surface area contributed by atoms with Gasteiger partial charge in [0.05, 0.1) is 23.2 Å². The summed E-state index contributed by atoms with van der Waals surface area (Å²) in [6.07, 6.45) is 20.4. The summed E-state index contributed by atoms with van der Waals surface area (Å²) in [7, 11) is 1.92. The number of phenolic OH excluding ortho intramolecular Hbond substituents is 1. The number of hydrogen-bond donors (Lipinski definition) is 7. The lowest BCUT2D eigenvalue weighted by Gasteiger charge is -2.73. The third-order valence-electron chi connectivity index (χ3n) is 23.8. The minimum Gasteiger partial charge on any atom is -0.508 e. The second-order valence-electron chi connectivity index (χ2n) is 27.6. The molecule has 2 saturated heterocycles. The first-order valence-corrected chi connectivity index (χ1v) is 29.6. The maximum atomic E-state index is 16.1. The van der Waals surface area contributed by atoms with E-state index in [-0.39, 0.29) is 82.5 Å². The molecule has 8 N–H and O–H groups in total. The number of β-amino-alcohol motifs (C(OH)–C–C–N with tert-alkyl or cyclic N) is 1. The zero-order valence-corrected chi connectivity index (χ0v) is 45.3. The Bertz CT molecular complexity index is 2590. The van der Waals surface area contributed by atoms with Crippen LogP contribution < -0.4 is 16.4 Å². The molecule has 0 radical (unpaired) electrons. The number of ether oxygens (including phenoxy) is 1. The Hall–Kier alpha value is -3.38. The first-order valence-electron chi connectivity index (χ1n) is 29.6. The fraction of sp³-hybridized carbons (Fsp3) is 0.719. The third kappa shape index (κ3) is 7.80. The Labute approximate surface area is 441 Å². The number of phenols is 1. The molecule has 10 heteroatoms. The van der Waals surface area contributed by atoms with Crippen molar-refractivity contribution in [1.29, 1.82) is 0 Å². The molecule has 11 aliphatic rings. The van der Waals surface area contributed by atoms with Crippen LogP contribution >= 0.6 is 0 Å². The van der Waals surface area contributed by atoms with E-state index in [0.717, 1.165) is 119 Å². The Morgan fingerprint density at radius 3 is 2.55 bits per heavy atom. The summed E-state index contributed by atoms with van der Waals surface area (Å²) >= 11 is 0. The number of aliphatic hydroxyl groups is 3. The van der Waals surface area contributed by atoms with Crippen molar-refractivity contribution in [2.45, 2.75) is 198 Å². The van der Waals surface area contributed by atoms with E-state index in [0.29, 0.717) is 56.4 Å². The molecular formula is C64H89N3O7. The lowest BCUT2D eigenvalue weighted by molar-refractivity contribution is -0.219. The van der Waals surface area contributed by atoms with Gasteiger partial charge in [0, 0.05) is 48.7 Å². The number of aliphatic hydroxyl groups excluding tert-OH is 2. The van der Waals surface area contributed by atoms with E-state index in [1.165, 1.54) is 11.1 Å². The number of benzene rings is 2. The molecule has 2 heterocycles. The number of nitrogens with one attached hydrogen (secondary N) is 2. The number of Topliss-reactive ketones (excluding diaryl/α,β-unsaturated/α-hetero) is 2. The van der Waals surface area contributed by atoms with Gasteiger partial charge in [0.1, 0.15) is 17.6 Å². The van der Waals surface area contributed by atoms with Crippen LogP contribution in [0.4, 0.5) is 5.69 Å². The largest absolute Gasteiger partial charge is 0.508 e. The molecule has 0 unspecified atom stereocenters. The van der Waals surface area contributed by atoms with Crippen LogP contribution in [-0.2, 0) is 20.9 Å². The maximum Gasteiger partial charge on any atom is 0.160 e. The molecule has 0 amide bonds. The molecular weight excluding hydrogens is 923 g/mol. The highest BCUT2D eigenvalue weighted by Crippen LogP contribution is 2.79. The number of rotatable bonds is 9. The number of hydrogen-bond acceptors (Lipinski definition) is 10. The lowest BCUT2D eigenvalue weighted by atomic mass is 9.31. The number of epoxide rings is 1. The Morgan fingerprint density at radius 1 is 0.932 bits per heavy atom. The number of fused-ring (bicyclic) bond motifs is 3. The molecule has 10 nitrogen and oxygen atoms in total. The predicted molar refractivity (Wildman–Crippen MR) is 289 cm³/mol. The molecule has 6 bridgehead atoms. The van der Waals surface area contributed by atoms with Gasteiger partial charge in [0.2, 0.25) is 0 Å². The van der Waals surface area contributed by atoms with Gasteiger partial charge in [-0.1, -0.05) is 81.9 Å². The van der Waals surface area contributed by atoms with Crippen LogP contribution in [0, 0.1) is 69.0 Å². The van der Waals surface area contributed by atoms with E-state index in [1.54, 1.807) is 0 Å². The molecule has 2 aromatic carbocycles. The van der Waals surface area contributed by atoms with Crippen LogP contribution in [0.5, 0.6) is 5.75 Å². The second kappa shape index (κ2) is 18.6. The Kier molecular flexibility index (Phi) is 12.9. The van der Waals surface area contributed by atoms with Gasteiger partial charge in [0.15, 0.2) is 5.78 Å². The van der Waals surface area contributed by atoms with Gasteiger partial charge in [0.25, 0.3) is 0 Å². The number of nitrogen functional groups attached to an aromatic ring is 1. The zero-order chi connectivity index (χ0) is 51.7. The quantitative estimate of drug-likeness (QED) is 0.0727. The Balaban J connectivity index is 0.976. The smallest absolute Gasteiger partial charge is 0.160 e. The first-order chi connectivity index (χ1) is 35.4. The van der Waals surface area contributed by atoms with Gasteiger partial charge >= 0.3 is 0 Å². The van der Waals surface area contributed by atoms with E-state index in [2.05, 4.69) is 67.8 Å². The standard InChI is InChI=1S/C64H89N3O7/c1-59(73)22-6-7-23-63-24-11-17-49(54(57(63)72)41-26-38(34-66-5)27-43(69)30-41)61(3)53-21-20-48-55-46(31-51(70)58-62(4,74-58)47-16-9-15-44(47)40-12-8-14-42(65)29-40)45-28-37(35-68)18-19-39(45)13-10-25-64(53,60(48,2)33-52(55)71)32-50(56(61)63)67-36-59/h8,11-12,14,17,26-27,29-30,37,39,44-47,49-51,53-54,56,58,66-70,73H,6-7,9-10,13,15-16,18-25,28,31-36,65H2,1-5H3/t37-,39+,44-,45-,46-,47-,49-,50-,51+,53+,54+,56+,58+,59+,60-,61-,62+,63-,64-/m0/s1. The number of allylic oxidation sites excluding steroid dienone is 4. The van der Waals surface area contributed by atoms with Crippen molar-refractivity contribution in [1.82, 2.24) is 10.6 Å². The molecule has 2 spiro atoms. The molecule has 5 saturated carbocycles. The van der Waals surface area contributed by atoms with E-state index in [1.807, 2.05) is 32.2 Å². The van der Waals surface area contributed by atoms with Gasteiger partial charge in [-0.2, -0.15) is 0 Å². The van der Waals surface area contributed by atoms with Crippen molar-refractivity contribution in [3.63, 3.8) is 0 Å². The molecule has 9 aliphatic carbocycles. The molecule has 19 atom stereocenters. The van der Waals surface area contributed by atoms with E-state index in [4.69, 9.17) is 10.5 Å². The van der Waals surface area contributed by atoms with Crippen molar-refractivity contribution in [3.8, 4) is 5.75 Å². The summed E-state index contributed by atoms with van der Waals surface area (Å²) in [6, 6.07) is 14.1. The molecule has 2 aromatic rings. The predicted octanol–water partition coefficient (Wildman–Crippen LogP) is 10.2. The van der Waals surface area contributed by atoms with Crippen LogP contribution in [0.1, 0.15) is 178 Å². The first kappa shape index (κ1) is 51.4. The average Bonchev–Trinajstić information content (AvgIpc) is 3.77. The molecule has 13 rings (SSSR count). The highest BCUT2D eigenvalue weighted by molar-refractivity contribution is 6.01. The van der Waals surface area contributed by atoms with Crippen LogP contribution in [-0.4, -0.2) is 81.6 Å². The second-order valence-corrected chi connectivity index (χ2v) is 27.6. The number of anilines is 1. The van der Waals surface area contributed by atoms with Crippen LogP contribution in [0.2, 0.25) is 0 Å². The van der Waals surface area contributed by atoms with Gasteiger partial charge in [-0.25, -0.2) is 0 Å². The summed E-state index contributed by atoms with van der Waals surface area (Å²) in [5.74, 6) is 1.68. The fourth-order valence-corrected chi connectivity index (χ4v) is 20.9. The monoisotopic (exact) mass is 1010 g/mol. The highest BCUT2D eigenvalue weighted by Gasteiger charge is 2.76. The normalized spacial score (nSPS) is 46.1. The van der Waals surface area contributed by atoms with E-state index < -0.39 is 34.1 Å². The molecule has 402 valence electrons. The average molecular weight is 1010 g/mol. The minimum atomic E-state index is -0.893. The van der Waals surface area contributed by atoms with Crippen molar-refractivity contribution >= 4 is 17.3 Å². The van der Waals surface area contributed by atoms with Crippen molar-refractivity contribution in [2.75, 3.05) is 25.9 Å². The lowest BCUT2D eigenvalue weighted by Crippen LogP contribution is -2.73. The van der Waals surface area contributed by atoms with Crippen molar-refractivity contribution in [3.05, 3.63) is 82.5 Å². The number of ketones is 2. The Morgan fingerprint density at radius 2 is 1.76 bits per heavy atom. The van der Waals surface area contributed by atoms with Crippen LogP contribution in [0.15, 0.2) is 65.8 Å². The van der Waals surface area contributed by atoms with Gasteiger partial charge in [-0.05, 0) is 215 Å². The summed E-state index contributed by atoms with van der Waals surface area (Å²) in [5.41, 5.74) is 9.53. The zero-order valence-electron chi connectivity index (χ0n) is 45.3. The molecule has 74 heavy (non-hydrogen) atoms. The van der Waals surface area contributed by atoms with Crippen LogP contribution in [0.3, 0.4) is 0 Å². The number of carbonyl (C=O) groups is 2. The molecule has 2 aliphatic heterocycles.